The van der Waals surface area contributed by atoms with Crippen molar-refractivity contribution in [1.82, 2.24) is 9.21 Å². The van der Waals surface area contributed by atoms with Gasteiger partial charge in [-0.25, -0.2) is 12.8 Å². The lowest BCUT2D eigenvalue weighted by Gasteiger charge is -2.33. The minimum atomic E-state index is -3.65. The highest BCUT2D eigenvalue weighted by Gasteiger charge is 2.29. The first-order valence-corrected chi connectivity index (χ1v) is 8.98. The SMILES string of the molecule is O=S(=O)(c1ccc(F)c(Cl)c1)N1CCN(Cc2ccco2)CC1. The summed E-state index contributed by atoms with van der Waals surface area (Å²) in [6.07, 6.45) is 1.62. The average molecular weight is 359 g/mol. The van der Waals surface area contributed by atoms with E-state index in [-0.39, 0.29) is 9.92 Å². The van der Waals surface area contributed by atoms with Crippen LogP contribution in [0.15, 0.2) is 45.9 Å². The quantitative estimate of drug-likeness (QED) is 0.843. The molecule has 0 spiro atoms. The van der Waals surface area contributed by atoms with Crippen molar-refractivity contribution in [3.05, 3.63) is 53.2 Å². The van der Waals surface area contributed by atoms with E-state index in [1.165, 1.54) is 10.4 Å². The fourth-order valence-electron chi connectivity index (χ4n) is 2.54. The van der Waals surface area contributed by atoms with E-state index < -0.39 is 15.8 Å². The maximum Gasteiger partial charge on any atom is 0.243 e. The Labute approximate surface area is 139 Å². The van der Waals surface area contributed by atoms with Crippen molar-refractivity contribution in [3.63, 3.8) is 0 Å². The molecule has 1 saturated heterocycles. The summed E-state index contributed by atoms with van der Waals surface area (Å²) in [5.41, 5.74) is 0. The van der Waals surface area contributed by atoms with Gasteiger partial charge in [-0.15, -0.1) is 0 Å². The minimum Gasteiger partial charge on any atom is -0.468 e. The normalized spacial score (nSPS) is 17.5. The summed E-state index contributed by atoms with van der Waals surface area (Å²) in [6, 6.07) is 7.19. The lowest BCUT2D eigenvalue weighted by atomic mass is 10.3. The molecule has 0 aliphatic carbocycles. The number of piperazine rings is 1. The van der Waals surface area contributed by atoms with Crippen LogP contribution in [-0.4, -0.2) is 43.8 Å². The maximum absolute atomic E-state index is 13.2. The van der Waals surface area contributed by atoms with E-state index in [9.17, 15) is 12.8 Å². The summed E-state index contributed by atoms with van der Waals surface area (Å²) in [6.45, 7) is 2.61. The molecule has 23 heavy (non-hydrogen) atoms. The van der Waals surface area contributed by atoms with Crippen LogP contribution in [0.5, 0.6) is 0 Å². The molecule has 0 N–H and O–H groups in total. The highest BCUT2D eigenvalue weighted by atomic mass is 35.5. The number of benzene rings is 1. The molecule has 1 fully saturated rings. The first kappa shape index (κ1) is 16.4. The van der Waals surface area contributed by atoms with Crippen molar-refractivity contribution >= 4 is 21.6 Å². The average Bonchev–Trinajstić information content (AvgIpc) is 3.03. The van der Waals surface area contributed by atoms with Gasteiger partial charge in [-0.3, -0.25) is 4.90 Å². The van der Waals surface area contributed by atoms with Gasteiger partial charge in [0.25, 0.3) is 0 Å². The molecule has 1 aliphatic heterocycles. The van der Waals surface area contributed by atoms with Gasteiger partial charge < -0.3 is 4.42 Å². The molecule has 0 unspecified atom stereocenters. The highest BCUT2D eigenvalue weighted by Crippen LogP contribution is 2.23. The number of sulfonamides is 1. The van der Waals surface area contributed by atoms with Gasteiger partial charge in [-0.1, -0.05) is 11.6 Å². The molecule has 1 aliphatic rings. The summed E-state index contributed by atoms with van der Waals surface area (Å²) in [7, 11) is -3.65. The number of furan rings is 1. The zero-order valence-electron chi connectivity index (χ0n) is 12.3. The maximum atomic E-state index is 13.2. The van der Waals surface area contributed by atoms with Crippen LogP contribution in [0.3, 0.4) is 0 Å². The van der Waals surface area contributed by atoms with Crippen LogP contribution in [0.1, 0.15) is 5.76 Å². The van der Waals surface area contributed by atoms with E-state index in [0.717, 1.165) is 17.9 Å². The molecule has 3 rings (SSSR count). The number of rotatable bonds is 4. The third-order valence-corrected chi connectivity index (χ3v) is 6.00. The van der Waals surface area contributed by atoms with Crippen LogP contribution in [0, 0.1) is 5.82 Å². The summed E-state index contributed by atoms with van der Waals surface area (Å²) >= 11 is 5.68. The van der Waals surface area contributed by atoms with Crippen LogP contribution < -0.4 is 0 Å². The Morgan fingerprint density at radius 2 is 1.91 bits per heavy atom. The summed E-state index contributed by atoms with van der Waals surface area (Å²) in [5, 5.41) is -0.192. The minimum absolute atomic E-state index is 0.0170. The number of hydrogen-bond donors (Lipinski definition) is 0. The molecule has 0 amide bonds. The zero-order valence-corrected chi connectivity index (χ0v) is 13.9. The van der Waals surface area contributed by atoms with Gasteiger partial charge >= 0.3 is 0 Å². The number of hydrogen-bond acceptors (Lipinski definition) is 4. The van der Waals surface area contributed by atoms with Gasteiger partial charge in [-0.2, -0.15) is 4.31 Å². The van der Waals surface area contributed by atoms with Crippen molar-refractivity contribution in [2.75, 3.05) is 26.2 Å². The largest absolute Gasteiger partial charge is 0.468 e. The van der Waals surface area contributed by atoms with Crippen molar-refractivity contribution in [2.24, 2.45) is 0 Å². The monoisotopic (exact) mass is 358 g/mol. The lowest BCUT2D eigenvalue weighted by molar-refractivity contribution is 0.171. The van der Waals surface area contributed by atoms with Crippen LogP contribution in [-0.2, 0) is 16.6 Å². The van der Waals surface area contributed by atoms with Crippen LogP contribution >= 0.6 is 11.6 Å². The van der Waals surface area contributed by atoms with Crippen molar-refractivity contribution in [2.45, 2.75) is 11.4 Å². The van der Waals surface area contributed by atoms with E-state index in [4.69, 9.17) is 16.0 Å². The van der Waals surface area contributed by atoms with E-state index in [2.05, 4.69) is 4.90 Å². The molecule has 5 nitrogen and oxygen atoms in total. The van der Waals surface area contributed by atoms with Crippen molar-refractivity contribution in [3.8, 4) is 0 Å². The molecule has 8 heteroatoms. The Morgan fingerprint density at radius 1 is 1.17 bits per heavy atom. The van der Waals surface area contributed by atoms with E-state index in [0.29, 0.717) is 32.7 Å². The first-order chi connectivity index (χ1) is 11.0. The van der Waals surface area contributed by atoms with E-state index in [1.54, 1.807) is 6.26 Å². The Bertz CT molecular complexity index is 772. The second kappa shape index (κ2) is 6.60. The summed E-state index contributed by atoms with van der Waals surface area (Å²) in [5.74, 6) is 0.223. The van der Waals surface area contributed by atoms with Gasteiger partial charge in [0.15, 0.2) is 0 Å². The second-order valence-corrected chi connectivity index (χ2v) is 7.68. The van der Waals surface area contributed by atoms with Gasteiger partial charge in [0, 0.05) is 26.2 Å². The Kier molecular flexibility index (Phi) is 4.72. The van der Waals surface area contributed by atoms with E-state index >= 15 is 0 Å². The molecule has 124 valence electrons. The smallest absolute Gasteiger partial charge is 0.243 e. The summed E-state index contributed by atoms with van der Waals surface area (Å²) in [4.78, 5) is 2.14. The van der Waals surface area contributed by atoms with Gasteiger partial charge in [0.2, 0.25) is 10.0 Å². The second-order valence-electron chi connectivity index (χ2n) is 5.34. The third-order valence-electron chi connectivity index (χ3n) is 3.82. The molecule has 0 radical (unpaired) electrons. The molecule has 0 bridgehead atoms. The molecule has 1 aromatic carbocycles. The molecule has 0 saturated carbocycles. The lowest BCUT2D eigenvalue weighted by Crippen LogP contribution is -2.48. The van der Waals surface area contributed by atoms with Crippen LogP contribution in [0.4, 0.5) is 4.39 Å². The Hall–Kier alpha value is -1.41. The number of halogens is 2. The fraction of sp³-hybridized carbons (Fsp3) is 0.333. The van der Waals surface area contributed by atoms with Crippen molar-refractivity contribution < 1.29 is 17.2 Å². The van der Waals surface area contributed by atoms with Gasteiger partial charge in [0.05, 0.1) is 22.7 Å². The third kappa shape index (κ3) is 3.58. The first-order valence-electron chi connectivity index (χ1n) is 7.17. The fourth-order valence-corrected chi connectivity index (χ4v) is 4.23. The van der Waals surface area contributed by atoms with Gasteiger partial charge in [0.1, 0.15) is 11.6 Å². The molecule has 0 atom stereocenters. The van der Waals surface area contributed by atoms with Gasteiger partial charge in [-0.05, 0) is 30.3 Å². The molecule has 2 heterocycles. The Morgan fingerprint density at radius 3 is 2.52 bits per heavy atom. The predicted octanol–water partition coefficient (Wildman–Crippen LogP) is 2.58. The molecule has 2 aromatic rings. The zero-order chi connectivity index (χ0) is 16.4. The topological polar surface area (TPSA) is 53.8 Å². The van der Waals surface area contributed by atoms with Crippen LogP contribution in [0.25, 0.3) is 0 Å². The standard InChI is InChI=1S/C15H16ClFN2O3S/c16-14-10-13(3-4-15(14)17)23(20,21)19-7-5-18(6-8-19)11-12-2-1-9-22-12/h1-4,9-10H,5-8,11H2. The number of nitrogens with zero attached hydrogens (tertiary/aromatic N) is 2. The predicted molar refractivity (Wildman–Crippen MR) is 84.2 cm³/mol. The Balaban J connectivity index is 1.67. The highest BCUT2D eigenvalue weighted by molar-refractivity contribution is 7.89. The van der Waals surface area contributed by atoms with Crippen molar-refractivity contribution in [1.29, 1.82) is 0 Å². The summed E-state index contributed by atoms with van der Waals surface area (Å²) < 4.78 is 45.1. The van der Waals surface area contributed by atoms with Crippen LogP contribution in [0.2, 0.25) is 5.02 Å². The molecular formula is C15H16ClFN2O3S. The molecular weight excluding hydrogens is 343 g/mol. The molecule has 1 aromatic heterocycles. The van der Waals surface area contributed by atoms with E-state index in [1.807, 2.05) is 12.1 Å².